The third-order valence-electron chi connectivity index (χ3n) is 5.85. The molecule has 36 heavy (non-hydrogen) atoms. The summed E-state index contributed by atoms with van der Waals surface area (Å²) in [6, 6.07) is 33.3. The molecule has 4 aromatic carbocycles. The fourth-order valence-corrected chi connectivity index (χ4v) is 4.03. The average molecular weight is 481 g/mol. The fraction of sp³-hybridized carbons (Fsp3) is 0.194. The zero-order valence-corrected chi connectivity index (χ0v) is 20.6. The van der Waals surface area contributed by atoms with Crippen LogP contribution in [0.5, 0.6) is 11.5 Å². The van der Waals surface area contributed by atoms with Gasteiger partial charge in [0.15, 0.2) is 0 Å². The van der Waals surface area contributed by atoms with E-state index in [1.165, 1.54) is 5.56 Å². The molecule has 0 saturated carbocycles. The van der Waals surface area contributed by atoms with Gasteiger partial charge in [-0.25, -0.2) is 0 Å². The van der Waals surface area contributed by atoms with E-state index >= 15 is 0 Å². The van der Waals surface area contributed by atoms with Gasteiger partial charge in [0, 0.05) is 25.2 Å². The number of ether oxygens (including phenoxy) is 2. The monoisotopic (exact) mass is 480 g/mol. The van der Waals surface area contributed by atoms with Crippen LogP contribution >= 0.6 is 0 Å². The molecule has 0 radical (unpaired) electrons. The number of benzene rings is 4. The van der Waals surface area contributed by atoms with Gasteiger partial charge in [-0.1, -0.05) is 90.5 Å². The zero-order valence-electron chi connectivity index (χ0n) is 20.6. The van der Waals surface area contributed by atoms with E-state index < -0.39 is 0 Å². The number of nitrogens with zero attached hydrogens (tertiary/aromatic N) is 1. The van der Waals surface area contributed by atoms with E-state index in [2.05, 4.69) is 19.1 Å². The van der Waals surface area contributed by atoms with E-state index in [-0.39, 0.29) is 5.91 Å². The minimum Gasteiger partial charge on any atom is -0.489 e. The number of para-hydroxylation sites is 2. The minimum absolute atomic E-state index is 0.127. The lowest BCUT2D eigenvalue weighted by atomic mass is 10.1. The summed E-state index contributed by atoms with van der Waals surface area (Å²) in [5.41, 5.74) is 10.7. The van der Waals surface area contributed by atoms with Crippen molar-refractivity contribution in [3.05, 3.63) is 131 Å². The number of amides is 1. The van der Waals surface area contributed by atoms with E-state index in [0.29, 0.717) is 44.2 Å². The molecule has 0 aliphatic carbocycles. The highest BCUT2D eigenvalue weighted by molar-refractivity contribution is 5.97. The number of rotatable bonds is 11. The lowest BCUT2D eigenvalue weighted by Crippen LogP contribution is -2.35. The molecule has 0 aliphatic heterocycles. The molecule has 5 nitrogen and oxygen atoms in total. The van der Waals surface area contributed by atoms with Crippen molar-refractivity contribution < 1.29 is 14.3 Å². The van der Waals surface area contributed by atoms with E-state index in [0.717, 1.165) is 22.4 Å². The molecule has 0 spiro atoms. The van der Waals surface area contributed by atoms with Gasteiger partial charge in [-0.15, -0.1) is 0 Å². The number of hydrogen-bond acceptors (Lipinski definition) is 4. The Labute approximate surface area is 213 Å². The van der Waals surface area contributed by atoms with Gasteiger partial charge in [0.2, 0.25) is 0 Å². The summed E-state index contributed by atoms with van der Waals surface area (Å²) in [5.74, 6) is 1.18. The molecule has 4 rings (SSSR count). The maximum absolute atomic E-state index is 13.6. The van der Waals surface area contributed by atoms with E-state index in [1.54, 1.807) is 11.0 Å². The van der Waals surface area contributed by atoms with Gasteiger partial charge in [0.05, 0.1) is 5.56 Å². The number of hydrogen-bond donors (Lipinski definition) is 1. The maximum atomic E-state index is 13.6. The smallest absolute Gasteiger partial charge is 0.257 e. The Kier molecular flexibility index (Phi) is 8.73. The van der Waals surface area contributed by atoms with Gasteiger partial charge in [-0.2, -0.15) is 0 Å². The molecule has 0 fully saturated rings. The van der Waals surface area contributed by atoms with Crippen LogP contribution in [0.25, 0.3) is 0 Å². The predicted molar refractivity (Wildman–Crippen MR) is 143 cm³/mol. The van der Waals surface area contributed by atoms with Gasteiger partial charge in [0.1, 0.15) is 24.7 Å². The van der Waals surface area contributed by atoms with Crippen molar-refractivity contribution in [1.82, 2.24) is 4.90 Å². The topological polar surface area (TPSA) is 64.8 Å². The second-order valence-corrected chi connectivity index (χ2v) is 8.67. The van der Waals surface area contributed by atoms with Crippen LogP contribution < -0.4 is 15.2 Å². The molecular formula is C31H32N2O3. The number of carbonyl (C=O) groups excluding carboxylic acids is 1. The number of carbonyl (C=O) groups is 1. The van der Waals surface area contributed by atoms with Gasteiger partial charge in [0.25, 0.3) is 5.91 Å². The molecule has 4 aromatic rings. The molecule has 0 aliphatic rings. The standard InChI is InChI=1S/C31H32N2O3/c1-24-10-9-13-26(20-24)23-35-29-16-7-5-14-27(29)21-33(19-18-32)31(34)28-15-6-8-17-30(28)36-22-25-11-3-2-4-12-25/h2-17,20H,18-19,21-23,32H2,1H3. The first-order chi connectivity index (χ1) is 17.6. The highest BCUT2D eigenvalue weighted by Crippen LogP contribution is 2.25. The predicted octanol–water partition coefficient (Wildman–Crippen LogP) is 5.75. The first kappa shape index (κ1) is 25.0. The second kappa shape index (κ2) is 12.6. The van der Waals surface area contributed by atoms with Crippen LogP contribution in [0.2, 0.25) is 0 Å². The van der Waals surface area contributed by atoms with Crippen LogP contribution in [0.15, 0.2) is 103 Å². The largest absolute Gasteiger partial charge is 0.489 e. The summed E-state index contributed by atoms with van der Waals surface area (Å²) in [5, 5.41) is 0. The molecule has 1 amide bonds. The van der Waals surface area contributed by atoms with Crippen molar-refractivity contribution in [2.75, 3.05) is 13.1 Å². The minimum atomic E-state index is -0.127. The zero-order chi connectivity index (χ0) is 25.2. The van der Waals surface area contributed by atoms with E-state index in [1.807, 2.05) is 84.9 Å². The molecule has 0 saturated heterocycles. The van der Waals surface area contributed by atoms with Gasteiger partial charge in [-0.3, -0.25) is 4.79 Å². The van der Waals surface area contributed by atoms with Crippen LogP contribution in [0, 0.1) is 6.92 Å². The lowest BCUT2D eigenvalue weighted by Gasteiger charge is -2.24. The SMILES string of the molecule is Cc1cccc(COc2ccccc2CN(CCN)C(=O)c2ccccc2OCc2ccccc2)c1. The summed E-state index contributed by atoms with van der Waals surface area (Å²) in [6.45, 7) is 4.06. The molecule has 0 atom stereocenters. The first-order valence-corrected chi connectivity index (χ1v) is 12.2. The molecule has 2 N–H and O–H groups in total. The molecular weight excluding hydrogens is 448 g/mol. The molecule has 0 unspecified atom stereocenters. The van der Waals surface area contributed by atoms with Crippen LogP contribution in [-0.2, 0) is 19.8 Å². The molecule has 5 heteroatoms. The van der Waals surface area contributed by atoms with Gasteiger partial charge in [-0.05, 0) is 36.2 Å². The Hall–Kier alpha value is -4.09. The Morgan fingerprint density at radius 2 is 1.39 bits per heavy atom. The van der Waals surface area contributed by atoms with Crippen molar-refractivity contribution in [3.8, 4) is 11.5 Å². The van der Waals surface area contributed by atoms with Crippen LogP contribution in [-0.4, -0.2) is 23.9 Å². The number of aryl methyl sites for hydroxylation is 1. The normalized spacial score (nSPS) is 10.6. The van der Waals surface area contributed by atoms with Gasteiger partial charge < -0.3 is 20.1 Å². The molecule has 0 aromatic heterocycles. The van der Waals surface area contributed by atoms with Crippen molar-refractivity contribution in [2.24, 2.45) is 5.73 Å². The van der Waals surface area contributed by atoms with Crippen molar-refractivity contribution in [3.63, 3.8) is 0 Å². The Balaban J connectivity index is 1.50. The molecule has 0 bridgehead atoms. The van der Waals surface area contributed by atoms with Crippen molar-refractivity contribution in [2.45, 2.75) is 26.7 Å². The first-order valence-electron chi connectivity index (χ1n) is 12.2. The molecule has 184 valence electrons. The summed E-state index contributed by atoms with van der Waals surface area (Å²) < 4.78 is 12.2. The summed E-state index contributed by atoms with van der Waals surface area (Å²) >= 11 is 0. The Bertz CT molecular complexity index is 1270. The third-order valence-corrected chi connectivity index (χ3v) is 5.85. The quantitative estimate of drug-likeness (QED) is 0.297. The summed E-state index contributed by atoms with van der Waals surface area (Å²) in [7, 11) is 0. The lowest BCUT2D eigenvalue weighted by molar-refractivity contribution is 0.0741. The Morgan fingerprint density at radius 1 is 0.750 bits per heavy atom. The maximum Gasteiger partial charge on any atom is 0.257 e. The van der Waals surface area contributed by atoms with Crippen molar-refractivity contribution >= 4 is 5.91 Å². The summed E-state index contributed by atoms with van der Waals surface area (Å²) in [6.07, 6.45) is 0. The second-order valence-electron chi connectivity index (χ2n) is 8.67. The molecule has 0 heterocycles. The number of nitrogens with two attached hydrogens (primary N) is 1. The van der Waals surface area contributed by atoms with E-state index in [9.17, 15) is 4.79 Å². The van der Waals surface area contributed by atoms with E-state index in [4.69, 9.17) is 15.2 Å². The third kappa shape index (κ3) is 6.74. The average Bonchev–Trinajstić information content (AvgIpc) is 2.91. The fourth-order valence-electron chi connectivity index (χ4n) is 4.03. The Morgan fingerprint density at radius 3 is 2.17 bits per heavy atom. The highest BCUT2D eigenvalue weighted by atomic mass is 16.5. The van der Waals surface area contributed by atoms with Crippen LogP contribution in [0.1, 0.15) is 32.6 Å². The van der Waals surface area contributed by atoms with Crippen molar-refractivity contribution in [1.29, 1.82) is 0 Å². The van der Waals surface area contributed by atoms with Crippen LogP contribution in [0.4, 0.5) is 0 Å². The summed E-state index contributed by atoms with van der Waals surface area (Å²) in [4.78, 5) is 15.4. The van der Waals surface area contributed by atoms with Gasteiger partial charge >= 0.3 is 0 Å². The highest BCUT2D eigenvalue weighted by Gasteiger charge is 2.21. The van der Waals surface area contributed by atoms with Crippen LogP contribution in [0.3, 0.4) is 0 Å².